The highest BCUT2D eigenvalue weighted by molar-refractivity contribution is 7.99. The van der Waals surface area contributed by atoms with Crippen molar-refractivity contribution in [3.63, 3.8) is 0 Å². The van der Waals surface area contributed by atoms with Crippen LogP contribution >= 0.6 is 11.8 Å². The number of benzene rings is 2. The maximum atomic E-state index is 13.2. The van der Waals surface area contributed by atoms with Crippen molar-refractivity contribution in [2.75, 3.05) is 5.75 Å². The Hall–Kier alpha value is -2.87. The molecule has 0 atom stereocenters. The van der Waals surface area contributed by atoms with Gasteiger partial charge in [-0.15, -0.1) is 10.2 Å². The fraction of sp³-hybridized carbons (Fsp3) is 0.118. The van der Waals surface area contributed by atoms with Crippen LogP contribution in [0.3, 0.4) is 0 Å². The van der Waals surface area contributed by atoms with E-state index in [2.05, 4.69) is 10.2 Å². The number of carbonyl (C=O) groups excluding carboxylic acids is 1. The van der Waals surface area contributed by atoms with E-state index < -0.39 is 5.91 Å². The van der Waals surface area contributed by atoms with Crippen molar-refractivity contribution in [2.45, 2.75) is 11.7 Å². The molecule has 0 radical (unpaired) electrons. The lowest BCUT2D eigenvalue weighted by Gasteiger charge is -2.05. The third kappa shape index (κ3) is 2.85. The molecule has 25 heavy (non-hydrogen) atoms. The molecule has 0 saturated carbocycles. The molecular weight excluding hydrogens is 341 g/mol. The minimum absolute atomic E-state index is 0.137. The number of thioether (sulfide) groups is 1. The summed E-state index contributed by atoms with van der Waals surface area (Å²) in [5.41, 5.74) is 8.11. The van der Waals surface area contributed by atoms with Gasteiger partial charge in [-0.2, -0.15) is 0 Å². The quantitative estimate of drug-likeness (QED) is 0.558. The lowest BCUT2D eigenvalue weighted by Crippen LogP contribution is -2.13. The summed E-state index contributed by atoms with van der Waals surface area (Å²) < 4.78 is 17.1. The molecule has 0 aliphatic rings. The Kier molecular flexibility index (Phi) is 3.89. The number of primary amides is 1. The summed E-state index contributed by atoms with van der Waals surface area (Å²) in [7, 11) is 0. The van der Waals surface area contributed by atoms with Gasteiger partial charge < -0.3 is 10.3 Å². The second kappa shape index (κ2) is 6.21. The molecule has 6 nitrogen and oxygen atoms in total. The van der Waals surface area contributed by atoms with E-state index in [1.165, 1.54) is 23.9 Å². The molecule has 2 heterocycles. The van der Waals surface area contributed by atoms with Crippen LogP contribution < -0.4 is 5.73 Å². The number of fused-ring (bicyclic) bond motifs is 3. The Morgan fingerprint density at radius 1 is 1.08 bits per heavy atom. The lowest BCUT2D eigenvalue weighted by molar-refractivity contribution is -0.115. The van der Waals surface area contributed by atoms with Crippen molar-refractivity contribution >= 4 is 34.5 Å². The number of carbonyl (C=O) groups is 1. The third-order valence-electron chi connectivity index (χ3n) is 3.87. The fourth-order valence-electron chi connectivity index (χ4n) is 2.79. The van der Waals surface area contributed by atoms with Crippen molar-refractivity contribution < 1.29 is 9.18 Å². The number of imidazole rings is 1. The summed E-state index contributed by atoms with van der Waals surface area (Å²) in [6, 6.07) is 14.2. The molecule has 2 aromatic carbocycles. The topological polar surface area (TPSA) is 78.2 Å². The van der Waals surface area contributed by atoms with Crippen LogP contribution in [0.2, 0.25) is 0 Å². The molecule has 0 aliphatic carbocycles. The summed E-state index contributed by atoms with van der Waals surface area (Å²) in [6.45, 7) is 0.538. The van der Waals surface area contributed by atoms with Crippen molar-refractivity contribution in [2.24, 2.45) is 5.73 Å². The molecule has 126 valence electrons. The Bertz CT molecular complexity index is 1070. The van der Waals surface area contributed by atoms with Gasteiger partial charge in [0.15, 0.2) is 5.16 Å². The lowest BCUT2D eigenvalue weighted by atomic mass is 10.2. The molecule has 1 amide bonds. The Morgan fingerprint density at radius 3 is 2.52 bits per heavy atom. The van der Waals surface area contributed by atoms with Gasteiger partial charge in [0.05, 0.1) is 23.3 Å². The minimum atomic E-state index is -0.406. The van der Waals surface area contributed by atoms with Crippen LogP contribution in [-0.4, -0.2) is 30.8 Å². The highest BCUT2D eigenvalue weighted by Gasteiger charge is 2.17. The molecule has 0 bridgehead atoms. The van der Waals surface area contributed by atoms with Gasteiger partial charge >= 0.3 is 0 Å². The normalized spacial score (nSPS) is 11.4. The van der Waals surface area contributed by atoms with Crippen molar-refractivity contribution in [1.82, 2.24) is 19.2 Å². The molecule has 0 fully saturated rings. The average molecular weight is 355 g/mol. The van der Waals surface area contributed by atoms with Gasteiger partial charge in [-0.25, -0.2) is 4.39 Å². The van der Waals surface area contributed by atoms with Crippen LogP contribution in [0.1, 0.15) is 5.56 Å². The number of para-hydroxylation sites is 2. The predicted octanol–water partition coefficient (Wildman–Crippen LogP) is 2.45. The number of nitrogens with two attached hydrogens (primary N) is 1. The Balaban J connectivity index is 1.84. The zero-order valence-electron chi connectivity index (χ0n) is 13.1. The smallest absolute Gasteiger partial charge is 0.237 e. The van der Waals surface area contributed by atoms with E-state index in [1.807, 2.05) is 33.2 Å². The number of hydrogen-bond acceptors (Lipinski definition) is 4. The summed E-state index contributed by atoms with van der Waals surface area (Å²) in [5.74, 6) is 0.131. The SMILES string of the molecule is NC(=O)CSc1nnc2n(Cc3ccc(F)cc3)c3ccccc3n12. The van der Waals surface area contributed by atoms with Crippen LogP contribution in [0.25, 0.3) is 16.8 Å². The second-order valence-corrected chi connectivity index (χ2v) is 6.52. The van der Waals surface area contributed by atoms with Gasteiger partial charge in [0.2, 0.25) is 11.7 Å². The van der Waals surface area contributed by atoms with E-state index in [0.717, 1.165) is 16.6 Å². The summed E-state index contributed by atoms with van der Waals surface area (Å²) in [6.07, 6.45) is 0. The maximum absolute atomic E-state index is 13.2. The molecule has 0 spiro atoms. The molecule has 0 aliphatic heterocycles. The van der Waals surface area contributed by atoms with Crippen molar-refractivity contribution in [3.8, 4) is 0 Å². The van der Waals surface area contributed by atoms with Crippen molar-refractivity contribution in [3.05, 3.63) is 59.9 Å². The largest absolute Gasteiger partial charge is 0.369 e. The van der Waals surface area contributed by atoms with E-state index >= 15 is 0 Å². The van der Waals surface area contributed by atoms with Crippen LogP contribution in [0, 0.1) is 5.82 Å². The highest BCUT2D eigenvalue weighted by Crippen LogP contribution is 2.26. The van der Waals surface area contributed by atoms with Crippen LogP contribution in [0.15, 0.2) is 53.7 Å². The zero-order valence-corrected chi connectivity index (χ0v) is 13.9. The van der Waals surface area contributed by atoms with Gasteiger partial charge in [-0.1, -0.05) is 36.0 Å². The van der Waals surface area contributed by atoms with Crippen LogP contribution in [-0.2, 0) is 11.3 Å². The molecular formula is C17H14FN5OS. The monoisotopic (exact) mass is 355 g/mol. The van der Waals surface area contributed by atoms with Gasteiger partial charge in [0, 0.05) is 0 Å². The maximum Gasteiger partial charge on any atom is 0.237 e. The third-order valence-corrected chi connectivity index (χ3v) is 4.82. The van der Waals surface area contributed by atoms with Gasteiger partial charge in [-0.05, 0) is 29.8 Å². The van der Waals surface area contributed by atoms with E-state index in [9.17, 15) is 9.18 Å². The van der Waals surface area contributed by atoms with Gasteiger partial charge in [0.25, 0.3) is 0 Å². The summed E-state index contributed by atoms with van der Waals surface area (Å²) in [4.78, 5) is 11.1. The van der Waals surface area contributed by atoms with E-state index in [0.29, 0.717) is 17.5 Å². The van der Waals surface area contributed by atoms with Crippen molar-refractivity contribution in [1.29, 1.82) is 0 Å². The van der Waals surface area contributed by atoms with Gasteiger partial charge in [0.1, 0.15) is 5.82 Å². The van der Waals surface area contributed by atoms with Crippen LogP contribution in [0.5, 0.6) is 0 Å². The minimum Gasteiger partial charge on any atom is -0.369 e. The first-order valence-corrected chi connectivity index (χ1v) is 8.60. The first-order valence-electron chi connectivity index (χ1n) is 7.61. The molecule has 2 aromatic heterocycles. The molecule has 4 aromatic rings. The molecule has 4 rings (SSSR count). The first kappa shape index (κ1) is 15.6. The Labute approximate surface area is 146 Å². The zero-order chi connectivity index (χ0) is 17.4. The summed E-state index contributed by atoms with van der Waals surface area (Å²) in [5, 5.41) is 9.07. The molecule has 8 heteroatoms. The number of amides is 1. The molecule has 0 saturated heterocycles. The number of nitrogens with zero attached hydrogens (tertiary/aromatic N) is 4. The van der Waals surface area contributed by atoms with E-state index in [-0.39, 0.29) is 11.6 Å². The number of aromatic nitrogens is 4. The standard InChI is InChI=1S/C17H14FN5OS/c18-12-7-5-11(6-8-12)9-22-13-3-1-2-4-14(13)23-16(22)20-21-17(23)25-10-15(19)24/h1-8H,9-10H2,(H2,19,24). The van der Waals surface area contributed by atoms with E-state index in [4.69, 9.17) is 5.73 Å². The molecule has 0 unspecified atom stereocenters. The number of halogens is 1. The molecule has 2 N–H and O–H groups in total. The highest BCUT2D eigenvalue weighted by atomic mass is 32.2. The Morgan fingerprint density at radius 2 is 1.80 bits per heavy atom. The van der Waals surface area contributed by atoms with Crippen LogP contribution in [0.4, 0.5) is 4.39 Å². The number of rotatable bonds is 5. The van der Waals surface area contributed by atoms with Gasteiger partial charge in [-0.3, -0.25) is 9.20 Å². The first-order chi connectivity index (χ1) is 12.1. The number of hydrogen-bond donors (Lipinski definition) is 1. The average Bonchev–Trinajstić information content (AvgIpc) is 3.15. The predicted molar refractivity (Wildman–Crippen MR) is 93.9 cm³/mol. The van der Waals surface area contributed by atoms with E-state index in [1.54, 1.807) is 12.1 Å². The summed E-state index contributed by atoms with van der Waals surface area (Å²) >= 11 is 1.25. The second-order valence-electron chi connectivity index (χ2n) is 5.57. The fourth-order valence-corrected chi connectivity index (χ4v) is 3.47.